The summed E-state index contributed by atoms with van der Waals surface area (Å²) in [4.78, 5) is 27.6. The van der Waals surface area contributed by atoms with Crippen LogP contribution in [0.2, 0.25) is 5.02 Å². The number of carbonyl (C=O) groups is 2. The first-order chi connectivity index (χ1) is 15.1. The predicted molar refractivity (Wildman–Crippen MR) is 122 cm³/mol. The fourth-order valence-electron chi connectivity index (χ4n) is 4.81. The third kappa shape index (κ3) is 5.70. The minimum absolute atomic E-state index is 0.0374. The van der Waals surface area contributed by atoms with E-state index >= 15 is 0 Å². The van der Waals surface area contributed by atoms with E-state index in [-0.39, 0.29) is 30.5 Å². The van der Waals surface area contributed by atoms with Crippen LogP contribution in [0.3, 0.4) is 0 Å². The van der Waals surface area contributed by atoms with Crippen molar-refractivity contribution in [2.75, 3.05) is 13.1 Å². The lowest BCUT2D eigenvalue weighted by atomic mass is 9.89. The number of allylic oxidation sites excluding steroid dienone is 1. The Kier molecular flexibility index (Phi) is 7.33. The highest BCUT2D eigenvalue weighted by Crippen LogP contribution is 2.33. The van der Waals surface area contributed by atoms with Gasteiger partial charge in [-0.3, -0.25) is 9.59 Å². The molecule has 1 aromatic carbocycles. The zero-order valence-corrected chi connectivity index (χ0v) is 18.7. The van der Waals surface area contributed by atoms with Gasteiger partial charge in [-0.15, -0.1) is 0 Å². The van der Waals surface area contributed by atoms with Gasteiger partial charge >= 0.3 is 0 Å². The fourth-order valence-corrected chi connectivity index (χ4v) is 5.01. The Morgan fingerprint density at radius 2 is 2.10 bits per heavy atom. The Balaban J connectivity index is 1.42. The van der Waals surface area contributed by atoms with E-state index < -0.39 is 0 Å². The largest absolute Gasteiger partial charge is 0.482 e. The summed E-state index contributed by atoms with van der Waals surface area (Å²) < 4.78 is 6.11. The molecule has 1 saturated heterocycles. The lowest BCUT2D eigenvalue weighted by Gasteiger charge is -2.44. The smallest absolute Gasteiger partial charge is 0.289 e. The lowest BCUT2D eigenvalue weighted by molar-refractivity contribution is -0.151. The van der Waals surface area contributed by atoms with Gasteiger partial charge < -0.3 is 15.0 Å². The van der Waals surface area contributed by atoms with Crippen LogP contribution in [0.15, 0.2) is 41.7 Å². The number of amides is 2. The van der Waals surface area contributed by atoms with Crippen molar-refractivity contribution in [2.45, 2.75) is 69.9 Å². The van der Waals surface area contributed by atoms with E-state index in [9.17, 15) is 9.59 Å². The second-order valence-electron chi connectivity index (χ2n) is 8.71. The molecule has 6 heteroatoms. The van der Waals surface area contributed by atoms with Crippen LogP contribution in [0, 0.1) is 0 Å². The average molecular weight is 443 g/mol. The van der Waals surface area contributed by atoms with Gasteiger partial charge in [-0.25, -0.2) is 0 Å². The molecule has 0 bridgehead atoms. The van der Waals surface area contributed by atoms with E-state index in [0.29, 0.717) is 17.3 Å². The molecule has 1 aromatic rings. The summed E-state index contributed by atoms with van der Waals surface area (Å²) in [6, 6.07) is 7.29. The highest BCUT2D eigenvalue weighted by atomic mass is 35.5. The summed E-state index contributed by atoms with van der Waals surface area (Å²) in [6.45, 7) is 0.706. The molecule has 2 fully saturated rings. The quantitative estimate of drug-likeness (QED) is 0.505. The summed E-state index contributed by atoms with van der Waals surface area (Å²) in [6.07, 6.45) is 13.6. The molecule has 166 valence electrons. The van der Waals surface area contributed by atoms with Gasteiger partial charge in [-0.1, -0.05) is 41.8 Å². The summed E-state index contributed by atoms with van der Waals surface area (Å²) in [7, 11) is 0. The molecular formula is C25H31ClN2O3. The van der Waals surface area contributed by atoms with E-state index in [2.05, 4.69) is 11.4 Å². The monoisotopic (exact) mass is 442 g/mol. The van der Waals surface area contributed by atoms with Crippen LogP contribution in [0.25, 0.3) is 6.08 Å². The van der Waals surface area contributed by atoms with Crippen molar-refractivity contribution < 1.29 is 14.3 Å². The Bertz CT molecular complexity index is 879. The predicted octanol–water partition coefficient (Wildman–Crippen LogP) is 4.86. The molecule has 5 nitrogen and oxygen atoms in total. The molecule has 0 aromatic heterocycles. The van der Waals surface area contributed by atoms with Gasteiger partial charge in [0, 0.05) is 11.6 Å². The van der Waals surface area contributed by atoms with Gasteiger partial charge in [0.25, 0.3) is 5.91 Å². The fraction of sp³-hybridized carbons (Fsp3) is 0.520. The van der Waals surface area contributed by atoms with Crippen LogP contribution in [0.5, 0.6) is 0 Å². The molecule has 1 saturated carbocycles. The normalized spacial score (nSPS) is 24.9. The van der Waals surface area contributed by atoms with Crippen molar-refractivity contribution in [2.24, 2.45) is 0 Å². The molecule has 0 spiro atoms. The first-order valence-corrected chi connectivity index (χ1v) is 11.9. The van der Waals surface area contributed by atoms with E-state index in [1.165, 1.54) is 18.4 Å². The van der Waals surface area contributed by atoms with Crippen molar-refractivity contribution in [1.29, 1.82) is 0 Å². The average Bonchev–Trinajstić information content (AvgIpc) is 2.77. The Morgan fingerprint density at radius 1 is 1.23 bits per heavy atom. The standard InChI is InChI=1S/C25H31ClN2O3/c26-20-10-6-9-19(15-20)16-23-25(30)28(21-11-4-5-12-22(21)31-23)17-24(29)27-14-13-18-7-2-1-3-8-18/h6-7,9-10,15-16,21-22H,1-5,8,11-14,17H2,(H,27,29)/b23-16+. The molecule has 1 N–H and O–H groups in total. The summed E-state index contributed by atoms with van der Waals surface area (Å²) in [5, 5.41) is 3.62. The van der Waals surface area contributed by atoms with E-state index in [1.54, 1.807) is 23.1 Å². The van der Waals surface area contributed by atoms with Crippen molar-refractivity contribution in [3.63, 3.8) is 0 Å². The van der Waals surface area contributed by atoms with Crippen molar-refractivity contribution in [3.8, 4) is 0 Å². The van der Waals surface area contributed by atoms with Crippen LogP contribution < -0.4 is 5.32 Å². The van der Waals surface area contributed by atoms with Gasteiger partial charge in [-0.2, -0.15) is 0 Å². The Morgan fingerprint density at radius 3 is 2.90 bits per heavy atom. The summed E-state index contributed by atoms with van der Waals surface area (Å²) in [5.74, 6) is -0.0167. The topological polar surface area (TPSA) is 58.6 Å². The zero-order valence-electron chi connectivity index (χ0n) is 17.9. The number of fused-ring (bicyclic) bond motifs is 1. The van der Waals surface area contributed by atoms with E-state index in [1.807, 2.05) is 12.1 Å². The van der Waals surface area contributed by atoms with Gasteiger partial charge in [0.1, 0.15) is 12.6 Å². The SMILES string of the molecule is O=C(CN1C(=O)/C(=C\c2cccc(Cl)c2)OC2CCCCC21)NCCC1=CCCCC1. The Labute approximate surface area is 189 Å². The maximum Gasteiger partial charge on any atom is 0.289 e. The number of hydrogen-bond donors (Lipinski definition) is 1. The maximum absolute atomic E-state index is 13.2. The molecule has 1 heterocycles. The maximum atomic E-state index is 13.2. The number of benzene rings is 1. The van der Waals surface area contributed by atoms with Gasteiger partial charge in [0.15, 0.2) is 5.76 Å². The number of halogens is 1. The minimum Gasteiger partial charge on any atom is -0.482 e. The van der Waals surface area contributed by atoms with Crippen LogP contribution in [-0.4, -0.2) is 41.9 Å². The minimum atomic E-state index is -0.215. The van der Waals surface area contributed by atoms with Crippen molar-refractivity contribution in [3.05, 3.63) is 52.3 Å². The Hall–Kier alpha value is -2.27. The van der Waals surface area contributed by atoms with Crippen LogP contribution in [0.4, 0.5) is 0 Å². The molecule has 0 radical (unpaired) electrons. The second-order valence-corrected chi connectivity index (χ2v) is 9.15. The zero-order chi connectivity index (χ0) is 21.6. The third-order valence-electron chi connectivity index (χ3n) is 6.43. The van der Waals surface area contributed by atoms with Crippen molar-refractivity contribution >= 4 is 29.5 Å². The third-order valence-corrected chi connectivity index (χ3v) is 6.67. The molecule has 2 amide bonds. The summed E-state index contributed by atoms with van der Waals surface area (Å²) in [5.41, 5.74) is 2.25. The molecule has 2 atom stereocenters. The molecule has 2 aliphatic carbocycles. The van der Waals surface area contributed by atoms with E-state index in [4.69, 9.17) is 16.3 Å². The number of morpholine rings is 1. The van der Waals surface area contributed by atoms with Crippen LogP contribution in [-0.2, 0) is 14.3 Å². The molecule has 4 rings (SSSR count). The van der Waals surface area contributed by atoms with Gasteiger partial charge in [0.2, 0.25) is 5.91 Å². The molecule has 1 aliphatic heterocycles. The van der Waals surface area contributed by atoms with Gasteiger partial charge in [0.05, 0.1) is 6.04 Å². The number of nitrogens with one attached hydrogen (secondary N) is 1. The van der Waals surface area contributed by atoms with Gasteiger partial charge in [-0.05, 0) is 75.1 Å². The first kappa shape index (κ1) is 21.9. The highest BCUT2D eigenvalue weighted by Gasteiger charge is 2.42. The number of nitrogens with zero attached hydrogens (tertiary/aromatic N) is 1. The number of carbonyl (C=O) groups excluding carboxylic acids is 2. The molecule has 31 heavy (non-hydrogen) atoms. The molecule has 3 aliphatic rings. The molecular weight excluding hydrogens is 412 g/mol. The first-order valence-electron chi connectivity index (χ1n) is 11.5. The highest BCUT2D eigenvalue weighted by molar-refractivity contribution is 6.30. The van der Waals surface area contributed by atoms with Crippen LogP contribution in [0.1, 0.15) is 63.4 Å². The number of rotatable bonds is 6. The van der Waals surface area contributed by atoms with Crippen LogP contribution >= 0.6 is 11.6 Å². The second kappa shape index (κ2) is 10.4. The van der Waals surface area contributed by atoms with E-state index in [0.717, 1.165) is 50.5 Å². The molecule has 2 unspecified atom stereocenters. The van der Waals surface area contributed by atoms with Crippen molar-refractivity contribution in [1.82, 2.24) is 10.2 Å². The number of ether oxygens (including phenoxy) is 1. The number of hydrogen-bond acceptors (Lipinski definition) is 3. The summed E-state index contributed by atoms with van der Waals surface area (Å²) >= 11 is 6.09. The lowest BCUT2D eigenvalue weighted by Crippen LogP contribution is -2.57.